The summed E-state index contributed by atoms with van der Waals surface area (Å²) in [6, 6.07) is 3.66. The fourth-order valence-electron chi connectivity index (χ4n) is 1.01. The van der Waals surface area contributed by atoms with E-state index in [1.54, 1.807) is 6.20 Å². The van der Waals surface area contributed by atoms with E-state index in [-0.39, 0.29) is 0 Å². The van der Waals surface area contributed by atoms with Crippen molar-refractivity contribution in [3.63, 3.8) is 0 Å². The molecule has 0 aromatic carbocycles. The predicted octanol–water partition coefficient (Wildman–Crippen LogP) is 2.04. The molecule has 3 N–H and O–H groups in total. The van der Waals surface area contributed by atoms with Crippen LogP contribution in [-0.4, -0.2) is 11.5 Å². The van der Waals surface area contributed by atoms with Crippen molar-refractivity contribution in [3.05, 3.63) is 30.5 Å². The van der Waals surface area contributed by atoms with Gasteiger partial charge in [0.15, 0.2) is 0 Å². The van der Waals surface area contributed by atoms with Gasteiger partial charge in [-0.2, -0.15) is 0 Å². The van der Waals surface area contributed by atoms with Crippen LogP contribution >= 0.6 is 0 Å². The number of nitrogens with one attached hydrogen (secondary N) is 1. The summed E-state index contributed by atoms with van der Waals surface area (Å²) in [6.07, 6.45) is 6.86. The van der Waals surface area contributed by atoms with Gasteiger partial charge in [-0.15, -0.1) is 0 Å². The number of pyridine rings is 1. The third-order valence-electron chi connectivity index (χ3n) is 1.68. The second-order valence-corrected chi connectivity index (χ2v) is 2.73. The summed E-state index contributed by atoms with van der Waals surface area (Å²) in [5.74, 6) is 0.770. The molecule has 0 fully saturated rings. The monoisotopic (exact) mass is 177 g/mol. The van der Waals surface area contributed by atoms with Crippen molar-refractivity contribution in [2.45, 2.75) is 13.3 Å². The molecule has 1 aromatic rings. The van der Waals surface area contributed by atoms with Gasteiger partial charge in [0, 0.05) is 12.7 Å². The van der Waals surface area contributed by atoms with E-state index in [1.165, 1.54) is 0 Å². The van der Waals surface area contributed by atoms with Crippen LogP contribution in [0.4, 0.5) is 11.5 Å². The topological polar surface area (TPSA) is 50.9 Å². The maximum absolute atomic E-state index is 5.69. The van der Waals surface area contributed by atoms with Crippen LogP contribution in [0.3, 0.4) is 0 Å². The molecule has 3 nitrogen and oxygen atoms in total. The minimum Gasteiger partial charge on any atom is -0.396 e. The highest BCUT2D eigenvalue weighted by Gasteiger charge is 1.95. The lowest BCUT2D eigenvalue weighted by atomic mass is 10.3. The molecule has 0 atom stereocenters. The Bertz CT molecular complexity index is 281. The summed E-state index contributed by atoms with van der Waals surface area (Å²) in [4.78, 5) is 4.12. The van der Waals surface area contributed by atoms with Crippen molar-refractivity contribution in [3.8, 4) is 0 Å². The maximum Gasteiger partial charge on any atom is 0.149 e. The van der Waals surface area contributed by atoms with Crippen molar-refractivity contribution in [2.75, 3.05) is 17.6 Å². The number of hydrogen-bond acceptors (Lipinski definition) is 3. The van der Waals surface area contributed by atoms with Crippen molar-refractivity contribution >= 4 is 11.5 Å². The van der Waals surface area contributed by atoms with Crippen LogP contribution in [0.5, 0.6) is 0 Å². The molecule has 0 radical (unpaired) electrons. The fraction of sp³-hybridized carbons (Fsp3) is 0.300. The Morgan fingerprint density at radius 3 is 3.15 bits per heavy atom. The first-order chi connectivity index (χ1) is 6.34. The molecule has 0 aliphatic heterocycles. The second kappa shape index (κ2) is 5.19. The normalized spacial score (nSPS) is 10.5. The van der Waals surface area contributed by atoms with E-state index in [2.05, 4.69) is 16.4 Å². The molecular weight excluding hydrogens is 162 g/mol. The quantitative estimate of drug-likeness (QED) is 0.546. The smallest absolute Gasteiger partial charge is 0.149 e. The van der Waals surface area contributed by atoms with Gasteiger partial charge in [0.1, 0.15) is 5.82 Å². The van der Waals surface area contributed by atoms with Crippen LogP contribution in [0.1, 0.15) is 13.3 Å². The lowest BCUT2D eigenvalue weighted by Crippen LogP contribution is -2.04. The number of nitrogens with zero attached hydrogens (tertiary/aromatic N) is 1. The SMILES string of the molecule is C/C=C/CCNc1ncccc1N. The van der Waals surface area contributed by atoms with E-state index in [1.807, 2.05) is 25.1 Å². The van der Waals surface area contributed by atoms with Crippen LogP contribution in [0.15, 0.2) is 30.5 Å². The third kappa shape index (κ3) is 3.15. The zero-order valence-corrected chi connectivity index (χ0v) is 7.83. The van der Waals surface area contributed by atoms with Crippen molar-refractivity contribution in [2.24, 2.45) is 0 Å². The summed E-state index contributed by atoms with van der Waals surface area (Å²) in [6.45, 7) is 2.88. The van der Waals surface area contributed by atoms with Gasteiger partial charge in [-0.3, -0.25) is 0 Å². The van der Waals surface area contributed by atoms with E-state index in [0.717, 1.165) is 18.8 Å². The summed E-state index contributed by atoms with van der Waals surface area (Å²) < 4.78 is 0. The summed E-state index contributed by atoms with van der Waals surface area (Å²) in [5, 5.41) is 3.16. The molecule has 0 aliphatic carbocycles. The van der Waals surface area contributed by atoms with Gasteiger partial charge in [0.2, 0.25) is 0 Å². The largest absolute Gasteiger partial charge is 0.396 e. The van der Waals surface area contributed by atoms with E-state index in [9.17, 15) is 0 Å². The zero-order valence-electron chi connectivity index (χ0n) is 7.83. The number of aromatic nitrogens is 1. The molecule has 3 heteroatoms. The average Bonchev–Trinajstić information content (AvgIpc) is 2.15. The number of rotatable bonds is 4. The first-order valence-electron chi connectivity index (χ1n) is 4.40. The second-order valence-electron chi connectivity index (χ2n) is 2.73. The Morgan fingerprint density at radius 2 is 2.46 bits per heavy atom. The fourth-order valence-corrected chi connectivity index (χ4v) is 1.01. The highest BCUT2D eigenvalue weighted by atomic mass is 15.0. The molecule has 13 heavy (non-hydrogen) atoms. The average molecular weight is 177 g/mol. The molecule has 0 amide bonds. The molecule has 0 bridgehead atoms. The first kappa shape index (κ1) is 9.58. The van der Waals surface area contributed by atoms with Crippen LogP contribution in [0.25, 0.3) is 0 Å². The molecule has 1 aromatic heterocycles. The number of hydrogen-bond donors (Lipinski definition) is 2. The molecule has 0 unspecified atom stereocenters. The molecule has 1 heterocycles. The van der Waals surface area contributed by atoms with Gasteiger partial charge in [0.25, 0.3) is 0 Å². The number of nitrogens with two attached hydrogens (primary N) is 1. The van der Waals surface area contributed by atoms with Gasteiger partial charge < -0.3 is 11.1 Å². The van der Waals surface area contributed by atoms with Crippen molar-refractivity contribution < 1.29 is 0 Å². The van der Waals surface area contributed by atoms with E-state index < -0.39 is 0 Å². The predicted molar refractivity (Wildman–Crippen MR) is 56.6 cm³/mol. The van der Waals surface area contributed by atoms with Gasteiger partial charge in [-0.05, 0) is 25.5 Å². The summed E-state index contributed by atoms with van der Waals surface area (Å²) in [5.41, 5.74) is 6.39. The number of nitrogen functional groups attached to an aromatic ring is 1. The van der Waals surface area contributed by atoms with Gasteiger partial charge >= 0.3 is 0 Å². The van der Waals surface area contributed by atoms with Crippen molar-refractivity contribution in [1.82, 2.24) is 4.98 Å². The van der Waals surface area contributed by atoms with E-state index in [0.29, 0.717) is 5.69 Å². The lowest BCUT2D eigenvalue weighted by Gasteiger charge is -2.05. The minimum absolute atomic E-state index is 0.697. The molecule has 0 saturated heterocycles. The van der Waals surface area contributed by atoms with Crippen LogP contribution in [-0.2, 0) is 0 Å². The first-order valence-corrected chi connectivity index (χ1v) is 4.40. The molecule has 0 saturated carbocycles. The molecule has 0 aliphatic rings. The standard InChI is InChI=1S/C10H15N3/c1-2-3-4-7-12-10-9(11)6-5-8-13-10/h2-3,5-6,8H,4,7,11H2,1H3,(H,12,13)/b3-2+. The van der Waals surface area contributed by atoms with Crippen molar-refractivity contribution in [1.29, 1.82) is 0 Å². The van der Waals surface area contributed by atoms with E-state index >= 15 is 0 Å². The van der Waals surface area contributed by atoms with Gasteiger partial charge in [0.05, 0.1) is 5.69 Å². The maximum atomic E-state index is 5.69. The van der Waals surface area contributed by atoms with Crippen LogP contribution in [0, 0.1) is 0 Å². The Morgan fingerprint density at radius 1 is 1.62 bits per heavy atom. The Hall–Kier alpha value is -1.51. The van der Waals surface area contributed by atoms with E-state index in [4.69, 9.17) is 5.73 Å². The van der Waals surface area contributed by atoms with Crippen LogP contribution in [0.2, 0.25) is 0 Å². The lowest BCUT2D eigenvalue weighted by molar-refractivity contribution is 1.05. The summed E-state index contributed by atoms with van der Waals surface area (Å²) in [7, 11) is 0. The third-order valence-corrected chi connectivity index (χ3v) is 1.68. The Balaban J connectivity index is 2.41. The number of allylic oxidation sites excluding steroid dienone is 1. The molecule has 1 rings (SSSR count). The highest BCUT2D eigenvalue weighted by Crippen LogP contribution is 2.12. The number of anilines is 2. The van der Waals surface area contributed by atoms with Gasteiger partial charge in [-0.25, -0.2) is 4.98 Å². The molecular formula is C10H15N3. The summed E-state index contributed by atoms with van der Waals surface area (Å²) >= 11 is 0. The van der Waals surface area contributed by atoms with Gasteiger partial charge in [-0.1, -0.05) is 12.2 Å². The highest BCUT2D eigenvalue weighted by molar-refractivity contribution is 5.60. The molecule has 0 spiro atoms. The Labute approximate surface area is 78.7 Å². The minimum atomic E-state index is 0.697. The zero-order chi connectivity index (χ0) is 9.52. The Kier molecular flexibility index (Phi) is 3.82. The van der Waals surface area contributed by atoms with Crippen LogP contribution < -0.4 is 11.1 Å². The molecule has 70 valence electrons.